The number of rotatable bonds is 5. The topological polar surface area (TPSA) is 100 Å². The average Bonchev–Trinajstić information content (AvgIpc) is 2.52. The predicted octanol–water partition coefficient (Wildman–Crippen LogP) is 2.77. The van der Waals surface area contributed by atoms with Crippen LogP contribution in [0.3, 0.4) is 0 Å². The molecule has 1 fully saturated rings. The molecule has 1 saturated heterocycles. The van der Waals surface area contributed by atoms with E-state index in [1.807, 2.05) is 27.7 Å². The van der Waals surface area contributed by atoms with Gasteiger partial charge in [-0.25, -0.2) is 13.2 Å². The summed E-state index contributed by atoms with van der Waals surface area (Å²) in [7, 11) is -3.21. The van der Waals surface area contributed by atoms with E-state index >= 15 is 0 Å². The number of nitrogens with one attached hydrogen (secondary N) is 2. The number of nitrogens with zero attached hydrogens (tertiary/aromatic N) is 2. The lowest BCUT2D eigenvalue weighted by Gasteiger charge is -2.35. The average molecular weight is 547 g/mol. The molecule has 0 aliphatic carbocycles. The summed E-state index contributed by atoms with van der Waals surface area (Å²) in [4.78, 5) is 18.4. The first-order valence-electron chi connectivity index (χ1n) is 10.0. The van der Waals surface area contributed by atoms with Gasteiger partial charge in [-0.2, -0.15) is 0 Å². The highest BCUT2D eigenvalue weighted by atomic mass is 127. The summed E-state index contributed by atoms with van der Waals surface area (Å²) in [6, 6.07) is 0.0401. The lowest BCUT2D eigenvalue weighted by molar-refractivity contribution is 0.0193. The monoisotopic (exact) mass is 546 g/mol. The Balaban J connectivity index is 0.00000784. The number of aliphatic imine (C=N–C) groups is 1. The van der Waals surface area contributed by atoms with Crippen molar-refractivity contribution in [3.05, 3.63) is 0 Å². The van der Waals surface area contributed by atoms with E-state index in [2.05, 4.69) is 15.6 Å². The number of hydrogen-bond acceptors (Lipinski definition) is 5. The first kappa shape index (κ1) is 28.2. The lowest BCUT2D eigenvalue weighted by Crippen LogP contribution is -2.53. The number of hydrogen-bond donors (Lipinski definition) is 2. The SMILES string of the molecule is CCNC(=NCCS(=O)(=O)C(C)(C)C)NC1CCCN(C(=O)OC(C)(C)C)C1.I. The highest BCUT2D eigenvalue weighted by Crippen LogP contribution is 2.16. The molecule has 29 heavy (non-hydrogen) atoms. The zero-order chi connectivity index (χ0) is 21.6. The molecule has 0 spiro atoms. The minimum Gasteiger partial charge on any atom is -0.444 e. The van der Waals surface area contributed by atoms with Crippen LogP contribution in [0.1, 0.15) is 61.3 Å². The maximum Gasteiger partial charge on any atom is 0.410 e. The minimum atomic E-state index is -3.21. The predicted molar refractivity (Wildman–Crippen MR) is 129 cm³/mol. The third-order valence-electron chi connectivity index (χ3n) is 4.32. The van der Waals surface area contributed by atoms with Gasteiger partial charge in [0.1, 0.15) is 5.60 Å². The van der Waals surface area contributed by atoms with Crippen molar-refractivity contribution in [3.8, 4) is 0 Å². The number of sulfone groups is 1. The van der Waals surface area contributed by atoms with E-state index in [1.54, 1.807) is 25.7 Å². The molecule has 0 radical (unpaired) electrons. The molecule has 1 aliphatic rings. The van der Waals surface area contributed by atoms with Gasteiger partial charge in [0.25, 0.3) is 0 Å². The van der Waals surface area contributed by atoms with Crippen molar-refractivity contribution in [1.29, 1.82) is 0 Å². The van der Waals surface area contributed by atoms with Crippen molar-refractivity contribution < 1.29 is 17.9 Å². The molecule has 0 bridgehead atoms. The van der Waals surface area contributed by atoms with E-state index in [0.29, 0.717) is 25.6 Å². The smallest absolute Gasteiger partial charge is 0.410 e. The van der Waals surface area contributed by atoms with E-state index in [0.717, 1.165) is 12.8 Å². The van der Waals surface area contributed by atoms with Gasteiger partial charge in [-0.15, -0.1) is 24.0 Å². The van der Waals surface area contributed by atoms with Crippen LogP contribution in [0.2, 0.25) is 0 Å². The summed E-state index contributed by atoms with van der Waals surface area (Å²) >= 11 is 0. The van der Waals surface area contributed by atoms with Crippen LogP contribution in [0, 0.1) is 0 Å². The van der Waals surface area contributed by atoms with Gasteiger partial charge in [-0.05, 0) is 61.3 Å². The molecule has 1 amide bonds. The quantitative estimate of drug-likeness (QED) is 0.313. The number of carbonyl (C=O) groups is 1. The van der Waals surface area contributed by atoms with Gasteiger partial charge >= 0.3 is 6.09 Å². The summed E-state index contributed by atoms with van der Waals surface area (Å²) < 4.78 is 29.2. The highest BCUT2D eigenvalue weighted by Gasteiger charge is 2.29. The molecule has 1 unspecified atom stereocenters. The van der Waals surface area contributed by atoms with Crippen LogP contribution in [0.5, 0.6) is 0 Å². The molecule has 8 nitrogen and oxygen atoms in total. The fraction of sp³-hybridized carbons (Fsp3) is 0.895. The third-order valence-corrected chi connectivity index (χ3v) is 6.91. The van der Waals surface area contributed by atoms with E-state index in [4.69, 9.17) is 4.74 Å². The standard InChI is InChI=1S/C19H38N4O4S.HI/c1-8-20-16(21-11-13-28(25,26)19(5,6)7)22-15-10-9-12-23(14-15)17(24)27-18(2,3)4;/h15H,8-14H2,1-7H3,(H2,20,21,22);1H. The fourth-order valence-electron chi connectivity index (χ4n) is 2.68. The van der Waals surface area contributed by atoms with Crippen LogP contribution in [0.25, 0.3) is 0 Å². The fourth-order valence-corrected chi connectivity index (χ4v) is 3.63. The first-order valence-corrected chi connectivity index (χ1v) is 11.7. The largest absolute Gasteiger partial charge is 0.444 e. The van der Waals surface area contributed by atoms with Gasteiger partial charge < -0.3 is 20.3 Å². The second-order valence-corrected chi connectivity index (χ2v) is 12.0. The van der Waals surface area contributed by atoms with Gasteiger partial charge in [-0.3, -0.25) is 4.99 Å². The molecular weight excluding hydrogens is 507 g/mol. The van der Waals surface area contributed by atoms with Crippen LogP contribution in [-0.2, 0) is 14.6 Å². The second kappa shape index (κ2) is 11.6. The third kappa shape index (κ3) is 10.2. The zero-order valence-electron chi connectivity index (χ0n) is 18.9. The van der Waals surface area contributed by atoms with Gasteiger partial charge in [-0.1, -0.05) is 0 Å². The maximum absolute atomic E-state index is 12.3. The molecule has 0 saturated carbocycles. The molecule has 10 heteroatoms. The second-order valence-electron chi connectivity index (χ2n) is 9.10. The number of carbonyl (C=O) groups excluding carboxylic acids is 1. The Bertz CT molecular complexity index is 654. The summed E-state index contributed by atoms with van der Waals surface area (Å²) in [5.41, 5.74) is -0.521. The molecule has 172 valence electrons. The zero-order valence-corrected chi connectivity index (χ0v) is 22.0. The summed E-state index contributed by atoms with van der Waals surface area (Å²) in [5, 5.41) is 6.47. The van der Waals surface area contributed by atoms with Crippen LogP contribution in [0.4, 0.5) is 4.79 Å². The number of likely N-dealkylation sites (tertiary alicyclic amines) is 1. The Kier molecular flexibility index (Phi) is 11.3. The van der Waals surface area contributed by atoms with Crippen molar-refractivity contribution in [2.45, 2.75) is 77.7 Å². The van der Waals surface area contributed by atoms with Crippen molar-refractivity contribution >= 4 is 45.9 Å². The van der Waals surface area contributed by atoms with Gasteiger partial charge in [0.05, 0.1) is 17.0 Å². The van der Waals surface area contributed by atoms with Gasteiger partial charge in [0.2, 0.25) is 0 Å². The first-order chi connectivity index (χ1) is 12.7. The number of amides is 1. The van der Waals surface area contributed by atoms with Crippen molar-refractivity contribution in [2.24, 2.45) is 4.99 Å². The van der Waals surface area contributed by atoms with Crippen molar-refractivity contribution in [1.82, 2.24) is 15.5 Å². The van der Waals surface area contributed by atoms with Crippen LogP contribution >= 0.6 is 24.0 Å². The Morgan fingerprint density at radius 2 is 1.83 bits per heavy atom. The van der Waals surface area contributed by atoms with E-state index < -0.39 is 20.2 Å². The molecule has 1 rings (SSSR count). The molecule has 0 aromatic carbocycles. The molecule has 0 aromatic rings. The normalized spacial score (nSPS) is 18.7. The van der Waals surface area contributed by atoms with Crippen LogP contribution in [0.15, 0.2) is 4.99 Å². The minimum absolute atomic E-state index is 0. The molecular formula is C19H39IN4O4S. The van der Waals surface area contributed by atoms with E-state index in [1.165, 1.54) is 0 Å². The van der Waals surface area contributed by atoms with Crippen molar-refractivity contribution in [2.75, 3.05) is 31.9 Å². The number of halogens is 1. The number of guanidine groups is 1. The maximum atomic E-state index is 12.3. The van der Waals surface area contributed by atoms with Crippen LogP contribution < -0.4 is 10.6 Å². The Morgan fingerprint density at radius 3 is 2.34 bits per heavy atom. The summed E-state index contributed by atoms with van der Waals surface area (Å²) in [5.74, 6) is 0.574. The van der Waals surface area contributed by atoms with Crippen molar-refractivity contribution in [3.63, 3.8) is 0 Å². The number of ether oxygens (including phenoxy) is 1. The molecule has 1 atom stereocenters. The van der Waals surface area contributed by atoms with E-state index in [9.17, 15) is 13.2 Å². The molecule has 0 aromatic heterocycles. The summed E-state index contributed by atoms with van der Waals surface area (Å²) in [6.07, 6.45) is 1.47. The molecule has 1 heterocycles. The molecule has 2 N–H and O–H groups in total. The Morgan fingerprint density at radius 1 is 1.21 bits per heavy atom. The van der Waals surface area contributed by atoms with E-state index in [-0.39, 0.29) is 48.4 Å². The number of piperidine rings is 1. The van der Waals surface area contributed by atoms with Gasteiger partial charge in [0.15, 0.2) is 15.8 Å². The Hall–Kier alpha value is -0.780. The van der Waals surface area contributed by atoms with Gasteiger partial charge in [0, 0.05) is 25.7 Å². The van der Waals surface area contributed by atoms with Crippen LogP contribution in [-0.4, -0.2) is 73.7 Å². The molecule has 1 aliphatic heterocycles. The lowest BCUT2D eigenvalue weighted by atomic mass is 10.1. The highest BCUT2D eigenvalue weighted by molar-refractivity contribution is 14.0. The Labute approximate surface area is 193 Å². The summed E-state index contributed by atoms with van der Waals surface area (Å²) in [6.45, 7) is 14.7.